The van der Waals surface area contributed by atoms with Crippen molar-refractivity contribution in [1.29, 1.82) is 0 Å². The van der Waals surface area contributed by atoms with Gasteiger partial charge in [0, 0.05) is 39.5 Å². The van der Waals surface area contributed by atoms with Crippen molar-refractivity contribution in [2.45, 2.75) is 32.9 Å². The molecule has 4 nitrogen and oxygen atoms in total. The Labute approximate surface area is 209 Å². The van der Waals surface area contributed by atoms with Crippen LogP contribution in [0.4, 0.5) is 10.1 Å². The minimum Gasteiger partial charge on any atom is -0.351 e. The van der Waals surface area contributed by atoms with Crippen LogP contribution in [0.25, 0.3) is 5.69 Å². The van der Waals surface area contributed by atoms with Gasteiger partial charge in [-0.1, -0.05) is 23.7 Å². The molecule has 2 aromatic heterocycles. The Balaban J connectivity index is 1.73. The van der Waals surface area contributed by atoms with Crippen LogP contribution in [0.15, 0.2) is 72.9 Å². The summed E-state index contributed by atoms with van der Waals surface area (Å²) in [6.45, 7) is 6.37. The molecule has 1 saturated heterocycles. The van der Waals surface area contributed by atoms with Crippen LogP contribution in [-0.2, 0) is 0 Å². The minimum absolute atomic E-state index is 0.174. The second-order valence-corrected chi connectivity index (χ2v) is 9.32. The van der Waals surface area contributed by atoms with E-state index in [9.17, 15) is 4.39 Å². The summed E-state index contributed by atoms with van der Waals surface area (Å²) in [5, 5.41) is 4.75. The third kappa shape index (κ3) is 3.77. The number of anilines is 1. The highest BCUT2D eigenvalue weighted by atomic mass is 35.5. The van der Waals surface area contributed by atoms with Crippen molar-refractivity contribution in [3.8, 4) is 5.69 Å². The number of hydrogen-bond donors (Lipinski definition) is 1. The van der Waals surface area contributed by atoms with Crippen molar-refractivity contribution in [3.05, 3.63) is 112 Å². The molecule has 0 aliphatic carbocycles. The highest BCUT2D eigenvalue weighted by Gasteiger charge is 2.43. The molecule has 3 heterocycles. The zero-order valence-electron chi connectivity index (χ0n) is 19.1. The maximum Gasteiger partial charge on any atom is 0.174 e. The zero-order valence-corrected chi connectivity index (χ0v) is 20.7. The lowest BCUT2D eigenvalue weighted by molar-refractivity contribution is 0.563. The molecule has 0 amide bonds. The molecule has 172 valence electrons. The fourth-order valence-corrected chi connectivity index (χ4v) is 5.50. The van der Waals surface area contributed by atoms with Gasteiger partial charge < -0.3 is 14.8 Å². The molecule has 1 N–H and O–H groups in total. The van der Waals surface area contributed by atoms with Gasteiger partial charge in [0.15, 0.2) is 5.11 Å². The van der Waals surface area contributed by atoms with Gasteiger partial charge in [0.1, 0.15) is 5.82 Å². The van der Waals surface area contributed by atoms with E-state index in [4.69, 9.17) is 23.8 Å². The van der Waals surface area contributed by atoms with Crippen molar-refractivity contribution in [3.63, 3.8) is 0 Å². The average Bonchev–Trinajstić information content (AvgIpc) is 3.27. The summed E-state index contributed by atoms with van der Waals surface area (Å²) in [6, 6.07) is 19.9. The number of nitrogens with zero attached hydrogens (tertiary/aromatic N) is 3. The number of halogens is 2. The highest BCUT2D eigenvalue weighted by molar-refractivity contribution is 7.80. The second kappa shape index (κ2) is 8.85. The number of thiocarbonyl (C=S) groups is 1. The second-order valence-electron chi connectivity index (χ2n) is 8.50. The molecule has 0 unspecified atom stereocenters. The lowest BCUT2D eigenvalue weighted by atomic mass is 9.93. The van der Waals surface area contributed by atoms with Crippen LogP contribution in [0, 0.1) is 26.6 Å². The van der Waals surface area contributed by atoms with Crippen molar-refractivity contribution in [2.24, 2.45) is 0 Å². The smallest absolute Gasteiger partial charge is 0.174 e. The lowest BCUT2D eigenvalue weighted by Gasteiger charge is -2.29. The molecule has 0 radical (unpaired) electrons. The average molecular weight is 491 g/mol. The van der Waals surface area contributed by atoms with Crippen LogP contribution in [0.5, 0.6) is 0 Å². The summed E-state index contributed by atoms with van der Waals surface area (Å²) in [6.07, 6.45) is 1.79. The lowest BCUT2D eigenvalue weighted by Crippen LogP contribution is -2.29. The van der Waals surface area contributed by atoms with Gasteiger partial charge >= 0.3 is 0 Å². The molecule has 34 heavy (non-hydrogen) atoms. The molecule has 4 aromatic rings. The normalized spacial score (nSPS) is 17.8. The first-order valence-electron chi connectivity index (χ1n) is 11.1. The molecule has 0 bridgehead atoms. The van der Waals surface area contributed by atoms with Crippen molar-refractivity contribution >= 4 is 34.6 Å². The van der Waals surface area contributed by atoms with Crippen LogP contribution in [0.1, 0.15) is 40.3 Å². The summed E-state index contributed by atoms with van der Waals surface area (Å²) in [7, 11) is 0. The zero-order chi connectivity index (χ0) is 24.0. The number of pyridine rings is 1. The van der Waals surface area contributed by atoms with Gasteiger partial charge in [0.05, 0.1) is 17.8 Å². The predicted molar refractivity (Wildman–Crippen MR) is 139 cm³/mol. The van der Waals surface area contributed by atoms with Crippen molar-refractivity contribution in [1.82, 2.24) is 14.9 Å². The standard InChI is InChI=1S/C27H24ClFN4S/c1-16-17(2)32(22-8-6-7-19(28)15-22)18(3)24(16)26-25(23-9-4-5-14-30-23)31-27(34)33(26)21-12-10-20(29)11-13-21/h4-15,25-26H,1-3H3,(H,31,34)/t25-,26+/m0/s1. The van der Waals surface area contributed by atoms with E-state index >= 15 is 0 Å². The van der Waals surface area contributed by atoms with Gasteiger partial charge in [0.2, 0.25) is 0 Å². The fraction of sp³-hybridized carbons (Fsp3) is 0.185. The first kappa shape index (κ1) is 22.6. The van der Waals surface area contributed by atoms with E-state index < -0.39 is 0 Å². The number of nitrogens with one attached hydrogen (secondary N) is 1. The molecule has 2 atom stereocenters. The van der Waals surface area contributed by atoms with E-state index in [1.165, 1.54) is 17.7 Å². The maximum atomic E-state index is 13.7. The molecule has 1 aliphatic rings. The van der Waals surface area contributed by atoms with Crippen LogP contribution in [0.3, 0.4) is 0 Å². The molecule has 1 aliphatic heterocycles. The van der Waals surface area contributed by atoms with Crippen LogP contribution >= 0.6 is 23.8 Å². The first-order chi connectivity index (χ1) is 16.4. The quantitative estimate of drug-likeness (QED) is 0.320. The molecule has 7 heteroatoms. The highest BCUT2D eigenvalue weighted by Crippen LogP contribution is 2.45. The van der Waals surface area contributed by atoms with E-state index in [1.54, 1.807) is 18.3 Å². The van der Waals surface area contributed by atoms with Gasteiger partial charge in [-0.25, -0.2) is 4.39 Å². The van der Waals surface area contributed by atoms with Gasteiger partial charge in [-0.3, -0.25) is 4.98 Å². The molecule has 2 aromatic carbocycles. The van der Waals surface area contributed by atoms with Crippen molar-refractivity contribution in [2.75, 3.05) is 4.90 Å². The number of rotatable bonds is 4. The molecular weight excluding hydrogens is 467 g/mol. The SMILES string of the molecule is Cc1c([C@@H]2[C@H](c3ccccn3)NC(=S)N2c2ccc(F)cc2)c(C)n(-c2cccc(Cl)c2)c1C. The van der Waals surface area contributed by atoms with E-state index in [0.717, 1.165) is 34.0 Å². The Morgan fingerprint density at radius 3 is 2.38 bits per heavy atom. The van der Waals surface area contributed by atoms with Gasteiger partial charge in [-0.15, -0.1) is 0 Å². The summed E-state index contributed by atoms with van der Waals surface area (Å²) in [4.78, 5) is 6.71. The van der Waals surface area contributed by atoms with Gasteiger partial charge in [-0.2, -0.15) is 0 Å². The minimum atomic E-state index is -0.282. The molecule has 1 fully saturated rings. The van der Waals surface area contributed by atoms with Crippen LogP contribution in [-0.4, -0.2) is 14.7 Å². The Hall–Kier alpha value is -3.22. The van der Waals surface area contributed by atoms with Crippen LogP contribution < -0.4 is 10.2 Å². The topological polar surface area (TPSA) is 33.1 Å². The monoisotopic (exact) mass is 490 g/mol. The van der Waals surface area contributed by atoms with E-state index in [0.29, 0.717) is 10.1 Å². The number of benzene rings is 2. The molecule has 0 saturated carbocycles. The van der Waals surface area contributed by atoms with Crippen LogP contribution in [0.2, 0.25) is 5.02 Å². The van der Waals surface area contributed by atoms with Crippen molar-refractivity contribution < 1.29 is 4.39 Å². The molecular formula is C27H24ClFN4S. The van der Waals surface area contributed by atoms with E-state index in [-0.39, 0.29) is 17.9 Å². The largest absolute Gasteiger partial charge is 0.351 e. The Morgan fingerprint density at radius 1 is 0.941 bits per heavy atom. The number of hydrogen-bond acceptors (Lipinski definition) is 2. The Kier molecular flexibility index (Phi) is 5.88. The Bertz CT molecular complexity index is 1370. The fourth-order valence-electron chi connectivity index (χ4n) is 4.97. The van der Waals surface area contributed by atoms with E-state index in [1.807, 2.05) is 36.4 Å². The van der Waals surface area contributed by atoms with Gasteiger partial charge in [0.25, 0.3) is 0 Å². The Morgan fingerprint density at radius 2 is 1.71 bits per heavy atom. The van der Waals surface area contributed by atoms with E-state index in [2.05, 4.69) is 46.6 Å². The summed E-state index contributed by atoms with van der Waals surface area (Å²) in [5.41, 5.74) is 7.29. The maximum absolute atomic E-state index is 13.7. The third-order valence-corrected chi connectivity index (χ3v) is 7.12. The predicted octanol–water partition coefficient (Wildman–Crippen LogP) is 6.77. The summed E-state index contributed by atoms with van der Waals surface area (Å²) < 4.78 is 16.0. The molecule has 0 spiro atoms. The molecule has 5 rings (SSSR count). The third-order valence-electron chi connectivity index (χ3n) is 6.57. The first-order valence-corrected chi connectivity index (χ1v) is 11.9. The van der Waals surface area contributed by atoms with Gasteiger partial charge in [-0.05, 0) is 93.1 Å². The number of aromatic nitrogens is 2. The summed E-state index contributed by atoms with van der Waals surface area (Å²) >= 11 is 12.1. The summed E-state index contributed by atoms with van der Waals surface area (Å²) in [5.74, 6) is -0.282.